The van der Waals surface area contributed by atoms with Crippen LogP contribution in [0.4, 0.5) is 5.69 Å². The van der Waals surface area contributed by atoms with Crippen LogP contribution in [0.1, 0.15) is 22.3 Å². The van der Waals surface area contributed by atoms with Crippen molar-refractivity contribution >= 4 is 37.5 Å². The van der Waals surface area contributed by atoms with Crippen molar-refractivity contribution in [3.05, 3.63) is 61.5 Å². The molecule has 100 valence electrons. The molecule has 0 atom stereocenters. The number of nitrogens with one attached hydrogen (secondary N) is 1. The molecule has 0 amide bonds. The van der Waals surface area contributed by atoms with Gasteiger partial charge in [-0.25, -0.2) is 0 Å². The van der Waals surface area contributed by atoms with Gasteiger partial charge in [-0.1, -0.05) is 23.8 Å². The quantitative estimate of drug-likeness (QED) is 0.712. The lowest BCUT2D eigenvalue weighted by Crippen LogP contribution is -2.03. The van der Waals surface area contributed by atoms with E-state index in [4.69, 9.17) is 0 Å². The zero-order chi connectivity index (χ0) is 14.0. The normalized spacial score (nSPS) is 10.6. The smallest absolute Gasteiger partial charge is 0.0631 e. The van der Waals surface area contributed by atoms with E-state index in [1.54, 1.807) is 0 Å². The number of benzene rings is 2. The highest BCUT2D eigenvalue weighted by Crippen LogP contribution is 2.32. The minimum absolute atomic E-state index is 0.827. The molecule has 0 aliphatic carbocycles. The molecule has 0 saturated heterocycles. The van der Waals surface area contributed by atoms with Crippen LogP contribution in [0.25, 0.3) is 0 Å². The molecule has 19 heavy (non-hydrogen) atoms. The molecule has 0 aliphatic rings. The van der Waals surface area contributed by atoms with E-state index in [9.17, 15) is 0 Å². The summed E-state index contributed by atoms with van der Waals surface area (Å²) in [4.78, 5) is 0. The molecule has 0 saturated carbocycles. The van der Waals surface area contributed by atoms with Crippen LogP contribution < -0.4 is 5.32 Å². The van der Waals surface area contributed by atoms with Crippen LogP contribution in [0, 0.1) is 20.8 Å². The molecular weight excluding hydrogens is 366 g/mol. The Balaban J connectivity index is 2.21. The van der Waals surface area contributed by atoms with Gasteiger partial charge in [-0.05, 0) is 81.5 Å². The van der Waals surface area contributed by atoms with Gasteiger partial charge in [-0.2, -0.15) is 0 Å². The maximum Gasteiger partial charge on any atom is 0.0631 e. The van der Waals surface area contributed by atoms with Gasteiger partial charge in [0.1, 0.15) is 0 Å². The van der Waals surface area contributed by atoms with Crippen molar-refractivity contribution < 1.29 is 0 Å². The predicted octanol–water partition coefficient (Wildman–Crippen LogP) is 5.75. The third-order valence-electron chi connectivity index (χ3n) is 3.15. The molecule has 0 spiro atoms. The van der Waals surface area contributed by atoms with Crippen molar-refractivity contribution in [3.63, 3.8) is 0 Å². The molecule has 2 aromatic rings. The fourth-order valence-electron chi connectivity index (χ4n) is 2.04. The summed E-state index contributed by atoms with van der Waals surface area (Å²) in [6.45, 7) is 7.19. The number of hydrogen-bond donors (Lipinski definition) is 1. The monoisotopic (exact) mass is 381 g/mol. The maximum absolute atomic E-state index is 3.61. The van der Waals surface area contributed by atoms with Crippen LogP contribution in [-0.2, 0) is 6.54 Å². The fraction of sp³-hybridized carbons (Fsp3) is 0.250. The van der Waals surface area contributed by atoms with E-state index < -0.39 is 0 Å². The van der Waals surface area contributed by atoms with Gasteiger partial charge in [-0.3, -0.25) is 0 Å². The number of aryl methyl sites for hydroxylation is 3. The van der Waals surface area contributed by atoms with Crippen molar-refractivity contribution in [1.29, 1.82) is 0 Å². The molecule has 0 radical (unpaired) electrons. The Hall–Kier alpha value is -0.800. The van der Waals surface area contributed by atoms with Crippen molar-refractivity contribution in [2.45, 2.75) is 27.3 Å². The topological polar surface area (TPSA) is 12.0 Å². The first-order chi connectivity index (χ1) is 8.97. The number of hydrogen-bond acceptors (Lipinski definition) is 1. The molecule has 2 rings (SSSR count). The van der Waals surface area contributed by atoms with Crippen LogP contribution in [-0.4, -0.2) is 0 Å². The summed E-state index contributed by atoms with van der Waals surface area (Å²) in [7, 11) is 0. The van der Waals surface area contributed by atoms with Crippen LogP contribution in [0.15, 0.2) is 39.3 Å². The Kier molecular flexibility index (Phi) is 4.69. The van der Waals surface area contributed by atoms with Crippen LogP contribution >= 0.6 is 31.9 Å². The second-order valence-corrected chi connectivity index (χ2v) is 6.60. The Bertz CT molecular complexity index is 583. The van der Waals surface area contributed by atoms with E-state index in [1.807, 2.05) is 0 Å². The van der Waals surface area contributed by atoms with Gasteiger partial charge in [0.15, 0.2) is 0 Å². The lowest BCUT2D eigenvalue weighted by atomic mass is 10.1. The van der Waals surface area contributed by atoms with E-state index >= 15 is 0 Å². The summed E-state index contributed by atoms with van der Waals surface area (Å²) in [6.07, 6.45) is 0. The van der Waals surface area contributed by atoms with E-state index in [0.717, 1.165) is 21.2 Å². The Morgan fingerprint density at radius 3 is 2.16 bits per heavy atom. The number of rotatable bonds is 3. The standard InChI is InChI=1S/C16H17Br2N/c1-10-4-5-12(3)13(6-10)9-19-16-14(17)7-11(2)8-15(16)18/h4-8,19H,9H2,1-3H3. The molecule has 0 fully saturated rings. The fourth-order valence-corrected chi connectivity index (χ4v) is 3.74. The maximum atomic E-state index is 3.61. The van der Waals surface area contributed by atoms with Gasteiger partial charge in [0.25, 0.3) is 0 Å². The lowest BCUT2D eigenvalue weighted by Gasteiger charge is -2.13. The summed E-state index contributed by atoms with van der Waals surface area (Å²) >= 11 is 7.22. The molecule has 1 nitrogen and oxygen atoms in total. The number of halogens is 2. The van der Waals surface area contributed by atoms with E-state index in [-0.39, 0.29) is 0 Å². The van der Waals surface area contributed by atoms with Crippen LogP contribution in [0.2, 0.25) is 0 Å². The summed E-state index contributed by atoms with van der Waals surface area (Å²) < 4.78 is 2.18. The Morgan fingerprint density at radius 2 is 1.53 bits per heavy atom. The zero-order valence-electron chi connectivity index (χ0n) is 11.3. The first-order valence-corrected chi connectivity index (χ1v) is 7.81. The van der Waals surface area contributed by atoms with Crippen molar-refractivity contribution in [1.82, 2.24) is 0 Å². The van der Waals surface area contributed by atoms with Gasteiger partial charge in [0.05, 0.1) is 5.69 Å². The van der Waals surface area contributed by atoms with Gasteiger partial charge < -0.3 is 5.32 Å². The minimum Gasteiger partial charge on any atom is -0.379 e. The molecule has 0 aliphatic heterocycles. The molecule has 1 N–H and O–H groups in total. The SMILES string of the molecule is Cc1cc(Br)c(NCc2cc(C)ccc2C)c(Br)c1. The molecule has 3 heteroatoms. The predicted molar refractivity (Wildman–Crippen MR) is 89.8 cm³/mol. The molecule has 2 aromatic carbocycles. The van der Waals surface area contributed by atoms with Crippen molar-refractivity contribution in [3.8, 4) is 0 Å². The first-order valence-electron chi connectivity index (χ1n) is 6.23. The van der Waals surface area contributed by atoms with E-state index in [2.05, 4.69) is 88.3 Å². The molecular formula is C16H17Br2N. The average molecular weight is 383 g/mol. The third-order valence-corrected chi connectivity index (χ3v) is 4.40. The molecule has 0 aromatic heterocycles. The second kappa shape index (κ2) is 6.10. The summed E-state index contributed by atoms with van der Waals surface area (Å²) in [6, 6.07) is 10.8. The first kappa shape index (κ1) is 14.6. The highest BCUT2D eigenvalue weighted by atomic mass is 79.9. The third kappa shape index (κ3) is 3.61. The second-order valence-electron chi connectivity index (χ2n) is 4.89. The Labute approximate surface area is 131 Å². The van der Waals surface area contributed by atoms with Crippen LogP contribution in [0.3, 0.4) is 0 Å². The summed E-state index contributed by atoms with van der Waals surface area (Å²) in [5, 5.41) is 3.50. The lowest BCUT2D eigenvalue weighted by molar-refractivity contribution is 1.10. The van der Waals surface area contributed by atoms with Crippen molar-refractivity contribution in [2.75, 3.05) is 5.32 Å². The molecule has 0 bridgehead atoms. The number of anilines is 1. The molecule has 0 heterocycles. The summed E-state index contributed by atoms with van der Waals surface area (Å²) in [5.74, 6) is 0. The van der Waals surface area contributed by atoms with E-state index in [0.29, 0.717) is 0 Å². The van der Waals surface area contributed by atoms with Gasteiger partial charge in [0.2, 0.25) is 0 Å². The van der Waals surface area contributed by atoms with Gasteiger partial charge >= 0.3 is 0 Å². The highest BCUT2D eigenvalue weighted by Gasteiger charge is 2.07. The average Bonchev–Trinajstić information content (AvgIpc) is 2.32. The zero-order valence-corrected chi connectivity index (χ0v) is 14.5. The van der Waals surface area contributed by atoms with Crippen LogP contribution in [0.5, 0.6) is 0 Å². The molecule has 0 unspecified atom stereocenters. The largest absolute Gasteiger partial charge is 0.379 e. The minimum atomic E-state index is 0.827. The Morgan fingerprint density at radius 1 is 0.895 bits per heavy atom. The van der Waals surface area contributed by atoms with Gasteiger partial charge in [0, 0.05) is 15.5 Å². The van der Waals surface area contributed by atoms with Crippen molar-refractivity contribution in [2.24, 2.45) is 0 Å². The highest BCUT2D eigenvalue weighted by molar-refractivity contribution is 9.11. The van der Waals surface area contributed by atoms with Gasteiger partial charge in [-0.15, -0.1) is 0 Å². The summed E-state index contributed by atoms with van der Waals surface area (Å²) in [5.41, 5.74) is 6.28. The van der Waals surface area contributed by atoms with E-state index in [1.165, 1.54) is 22.3 Å².